The van der Waals surface area contributed by atoms with Crippen molar-refractivity contribution < 1.29 is 14.3 Å². The molecule has 0 aromatic carbocycles. The minimum absolute atomic E-state index is 0.0385. The first kappa shape index (κ1) is 16.5. The second-order valence-corrected chi connectivity index (χ2v) is 6.44. The van der Waals surface area contributed by atoms with E-state index in [1.165, 1.54) is 11.1 Å². The average molecular weight is 377 g/mol. The fraction of sp³-hybridized carbons (Fsp3) is 0.250. The first-order valence-electron chi connectivity index (χ1n) is 7.91. The molecule has 0 bridgehead atoms. The SMILES string of the molecule is O=C(O)N1CC[C@H](Nc2nc(-c3c[nH]c4ncc(Cl)cc34)ncc2F)C1. The molecule has 0 aliphatic carbocycles. The molecule has 4 rings (SSSR count). The topological polar surface area (TPSA) is 107 Å². The van der Waals surface area contributed by atoms with Crippen molar-refractivity contribution in [3.8, 4) is 11.4 Å². The summed E-state index contributed by atoms with van der Waals surface area (Å²) in [5.41, 5.74) is 1.27. The fourth-order valence-electron chi connectivity index (χ4n) is 3.01. The van der Waals surface area contributed by atoms with Crippen molar-refractivity contribution in [2.45, 2.75) is 12.5 Å². The summed E-state index contributed by atoms with van der Waals surface area (Å²) >= 11 is 6.00. The summed E-state index contributed by atoms with van der Waals surface area (Å²) in [6.07, 6.45) is 3.90. The zero-order valence-electron chi connectivity index (χ0n) is 13.4. The number of anilines is 1. The summed E-state index contributed by atoms with van der Waals surface area (Å²) < 4.78 is 14.1. The summed E-state index contributed by atoms with van der Waals surface area (Å²) in [5.74, 6) is -0.243. The van der Waals surface area contributed by atoms with Crippen LogP contribution in [0.1, 0.15) is 6.42 Å². The van der Waals surface area contributed by atoms with Crippen LogP contribution in [-0.4, -0.2) is 55.2 Å². The van der Waals surface area contributed by atoms with E-state index in [0.29, 0.717) is 35.0 Å². The molecule has 1 amide bonds. The van der Waals surface area contributed by atoms with Gasteiger partial charge in [0.25, 0.3) is 0 Å². The van der Waals surface area contributed by atoms with E-state index >= 15 is 0 Å². The molecule has 1 aliphatic rings. The van der Waals surface area contributed by atoms with Crippen LogP contribution in [0.5, 0.6) is 0 Å². The minimum atomic E-state index is -0.985. The van der Waals surface area contributed by atoms with E-state index in [1.54, 1.807) is 12.3 Å². The van der Waals surface area contributed by atoms with Crippen molar-refractivity contribution >= 4 is 34.5 Å². The number of aromatic nitrogens is 4. The van der Waals surface area contributed by atoms with Crippen molar-refractivity contribution in [1.82, 2.24) is 24.8 Å². The van der Waals surface area contributed by atoms with Crippen LogP contribution in [0.4, 0.5) is 15.0 Å². The third-order valence-corrected chi connectivity index (χ3v) is 4.49. The molecule has 1 aliphatic heterocycles. The van der Waals surface area contributed by atoms with Crippen molar-refractivity contribution in [3.05, 3.63) is 35.5 Å². The predicted octanol–water partition coefficient (Wildman–Crippen LogP) is 2.98. The summed E-state index contributed by atoms with van der Waals surface area (Å²) in [7, 11) is 0. The Morgan fingerprint density at radius 3 is 3.04 bits per heavy atom. The van der Waals surface area contributed by atoms with Gasteiger partial charge in [0.15, 0.2) is 17.5 Å². The quantitative estimate of drug-likeness (QED) is 0.648. The van der Waals surface area contributed by atoms with Crippen LogP contribution in [0.3, 0.4) is 0 Å². The molecule has 1 saturated heterocycles. The molecule has 3 N–H and O–H groups in total. The number of carbonyl (C=O) groups is 1. The number of hydrogen-bond acceptors (Lipinski definition) is 5. The van der Waals surface area contributed by atoms with E-state index in [-0.39, 0.29) is 18.4 Å². The van der Waals surface area contributed by atoms with Crippen molar-refractivity contribution in [1.29, 1.82) is 0 Å². The normalized spacial score (nSPS) is 17.0. The zero-order chi connectivity index (χ0) is 18.3. The van der Waals surface area contributed by atoms with Gasteiger partial charge in [-0.1, -0.05) is 11.6 Å². The highest BCUT2D eigenvalue weighted by Crippen LogP contribution is 2.28. The van der Waals surface area contributed by atoms with Gasteiger partial charge in [0.05, 0.1) is 11.2 Å². The summed E-state index contributed by atoms with van der Waals surface area (Å²) in [6.45, 7) is 0.680. The molecular formula is C16H14ClFN6O2. The third-order valence-electron chi connectivity index (χ3n) is 4.28. The lowest BCUT2D eigenvalue weighted by Crippen LogP contribution is -2.30. The Balaban J connectivity index is 1.64. The maximum absolute atomic E-state index is 14.1. The van der Waals surface area contributed by atoms with E-state index < -0.39 is 11.9 Å². The number of aromatic amines is 1. The van der Waals surface area contributed by atoms with E-state index in [2.05, 4.69) is 25.3 Å². The van der Waals surface area contributed by atoms with Gasteiger partial charge in [-0.3, -0.25) is 0 Å². The molecule has 1 atom stereocenters. The predicted molar refractivity (Wildman–Crippen MR) is 93.7 cm³/mol. The van der Waals surface area contributed by atoms with Gasteiger partial charge in [-0.05, 0) is 12.5 Å². The Hall–Kier alpha value is -2.94. The molecule has 8 nitrogen and oxygen atoms in total. The Kier molecular flexibility index (Phi) is 4.08. The number of amides is 1. The number of fused-ring (bicyclic) bond motifs is 1. The molecule has 26 heavy (non-hydrogen) atoms. The van der Waals surface area contributed by atoms with Crippen LogP contribution in [0, 0.1) is 5.82 Å². The molecule has 0 spiro atoms. The van der Waals surface area contributed by atoms with Crippen LogP contribution < -0.4 is 5.32 Å². The Bertz CT molecular complexity index is 994. The van der Waals surface area contributed by atoms with Crippen LogP contribution >= 0.6 is 11.6 Å². The third kappa shape index (κ3) is 3.01. The van der Waals surface area contributed by atoms with Gasteiger partial charge in [-0.15, -0.1) is 0 Å². The van der Waals surface area contributed by atoms with Crippen molar-refractivity contribution in [3.63, 3.8) is 0 Å². The molecule has 10 heteroatoms. The first-order valence-corrected chi connectivity index (χ1v) is 8.29. The average Bonchev–Trinajstić information content (AvgIpc) is 3.23. The number of carboxylic acid groups (broad SMARTS) is 1. The second kappa shape index (κ2) is 6.41. The number of rotatable bonds is 3. The number of pyridine rings is 1. The van der Waals surface area contributed by atoms with Crippen LogP contribution in [0.15, 0.2) is 24.7 Å². The summed E-state index contributed by atoms with van der Waals surface area (Å²) in [6, 6.07) is 1.53. The highest BCUT2D eigenvalue weighted by atomic mass is 35.5. The van der Waals surface area contributed by atoms with Gasteiger partial charge in [-0.25, -0.2) is 24.1 Å². The highest BCUT2D eigenvalue weighted by Gasteiger charge is 2.27. The standard InChI is InChI=1S/C16H14ClFN6O2/c17-8-3-10-11(5-20-13(10)19-4-8)14-21-6-12(18)15(23-14)22-9-1-2-24(7-9)16(25)26/h3-6,9H,1-2,7H2,(H,19,20)(H,25,26)(H,21,22,23)/t9-/m0/s1. The zero-order valence-corrected chi connectivity index (χ0v) is 14.2. The van der Waals surface area contributed by atoms with Crippen molar-refractivity contribution in [2.75, 3.05) is 18.4 Å². The lowest BCUT2D eigenvalue weighted by molar-refractivity contribution is 0.155. The molecule has 4 heterocycles. The Morgan fingerprint density at radius 1 is 1.42 bits per heavy atom. The Labute approximate surface area is 152 Å². The molecule has 3 aromatic rings. The van der Waals surface area contributed by atoms with Crippen LogP contribution in [0.2, 0.25) is 5.02 Å². The number of nitrogens with one attached hydrogen (secondary N) is 2. The number of nitrogens with zero attached hydrogens (tertiary/aromatic N) is 4. The number of hydrogen-bond donors (Lipinski definition) is 3. The van der Waals surface area contributed by atoms with E-state index in [0.717, 1.165) is 11.6 Å². The monoisotopic (exact) mass is 376 g/mol. The summed E-state index contributed by atoms with van der Waals surface area (Å²) in [5, 5.41) is 13.2. The van der Waals surface area contributed by atoms with Crippen LogP contribution in [0.25, 0.3) is 22.4 Å². The van der Waals surface area contributed by atoms with Gasteiger partial charge in [-0.2, -0.15) is 0 Å². The van der Waals surface area contributed by atoms with Crippen LogP contribution in [-0.2, 0) is 0 Å². The number of likely N-dealkylation sites (tertiary alicyclic amines) is 1. The molecule has 3 aromatic heterocycles. The Morgan fingerprint density at radius 2 is 2.27 bits per heavy atom. The fourth-order valence-corrected chi connectivity index (χ4v) is 3.16. The van der Waals surface area contributed by atoms with Gasteiger partial charge >= 0.3 is 6.09 Å². The van der Waals surface area contributed by atoms with E-state index in [1.807, 2.05) is 0 Å². The van der Waals surface area contributed by atoms with Gasteiger partial charge in [0, 0.05) is 42.5 Å². The molecule has 0 radical (unpaired) electrons. The van der Waals surface area contributed by atoms with Gasteiger partial charge in [0.2, 0.25) is 0 Å². The molecular weight excluding hydrogens is 363 g/mol. The second-order valence-electron chi connectivity index (χ2n) is 6.00. The minimum Gasteiger partial charge on any atom is -0.465 e. The number of halogens is 2. The number of H-pyrrole nitrogens is 1. The summed E-state index contributed by atoms with van der Waals surface area (Å²) in [4.78, 5) is 27.8. The van der Waals surface area contributed by atoms with E-state index in [4.69, 9.17) is 16.7 Å². The first-order chi connectivity index (χ1) is 12.5. The highest BCUT2D eigenvalue weighted by molar-refractivity contribution is 6.31. The van der Waals surface area contributed by atoms with Crippen molar-refractivity contribution in [2.24, 2.45) is 0 Å². The maximum Gasteiger partial charge on any atom is 0.407 e. The molecule has 134 valence electrons. The van der Waals surface area contributed by atoms with Gasteiger partial charge < -0.3 is 20.3 Å². The lowest BCUT2D eigenvalue weighted by atomic mass is 10.2. The molecule has 1 fully saturated rings. The van der Waals surface area contributed by atoms with Gasteiger partial charge in [0.1, 0.15) is 5.65 Å². The maximum atomic E-state index is 14.1. The van der Waals surface area contributed by atoms with E-state index in [9.17, 15) is 9.18 Å². The smallest absolute Gasteiger partial charge is 0.407 e. The molecule has 0 saturated carbocycles. The molecule has 0 unspecified atom stereocenters. The lowest BCUT2D eigenvalue weighted by Gasteiger charge is -2.15. The largest absolute Gasteiger partial charge is 0.465 e.